The number of hydrogen-bond acceptors (Lipinski definition) is 5. The number of nitrogens with zero attached hydrogens (tertiary/aromatic N) is 2. The molecular formula is C13H15ClN4O. The standard InChI is InChI=1S/C13H15ClN4O/c1-2-19-10-5-3-4-9(6-10)7-16-13-11(14)12(15)17-8-18-13/h3-6,8H,2,7H2,1H3,(H3,15,16,17,18). The second-order valence-corrected chi connectivity index (χ2v) is 4.23. The molecular weight excluding hydrogens is 264 g/mol. The summed E-state index contributed by atoms with van der Waals surface area (Å²) in [5.41, 5.74) is 6.68. The monoisotopic (exact) mass is 278 g/mol. The third-order valence-electron chi connectivity index (χ3n) is 2.49. The fourth-order valence-electron chi connectivity index (χ4n) is 1.60. The molecule has 1 aromatic heterocycles. The molecule has 0 radical (unpaired) electrons. The van der Waals surface area contributed by atoms with Crippen LogP contribution in [0.2, 0.25) is 5.02 Å². The van der Waals surface area contributed by atoms with Gasteiger partial charge < -0.3 is 15.8 Å². The molecule has 19 heavy (non-hydrogen) atoms. The molecule has 0 saturated heterocycles. The molecule has 0 atom stereocenters. The van der Waals surface area contributed by atoms with Gasteiger partial charge in [0.25, 0.3) is 0 Å². The molecule has 3 N–H and O–H groups in total. The quantitative estimate of drug-likeness (QED) is 0.880. The van der Waals surface area contributed by atoms with Crippen molar-refractivity contribution in [3.8, 4) is 5.75 Å². The maximum absolute atomic E-state index is 6.00. The van der Waals surface area contributed by atoms with Crippen LogP contribution in [0.5, 0.6) is 5.75 Å². The van der Waals surface area contributed by atoms with Crippen LogP contribution in [-0.4, -0.2) is 16.6 Å². The first-order valence-electron chi connectivity index (χ1n) is 5.92. The van der Waals surface area contributed by atoms with Crippen LogP contribution in [0.25, 0.3) is 0 Å². The summed E-state index contributed by atoms with van der Waals surface area (Å²) in [5.74, 6) is 1.63. The topological polar surface area (TPSA) is 73.1 Å². The predicted octanol–water partition coefficient (Wildman–Crippen LogP) is 2.72. The Morgan fingerprint density at radius 2 is 2.21 bits per heavy atom. The van der Waals surface area contributed by atoms with Gasteiger partial charge in [-0.15, -0.1) is 0 Å². The number of anilines is 2. The Hall–Kier alpha value is -2.01. The Balaban J connectivity index is 2.06. The van der Waals surface area contributed by atoms with Crippen molar-refractivity contribution in [1.82, 2.24) is 9.97 Å². The molecule has 0 saturated carbocycles. The smallest absolute Gasteiger partial charge is 0.150 e. The van der Waals surface area contributed by atoms with Gasteiger partial charge in [-0.3, -0.25) is 0 Å². The highest BCUT2D eigenvalue weighted by atomic mass is 35.5. The van der Waals surface area contributed by atoms with E-state index in [0.717, 1.165) is 11.3 Å². The summed E-state index contributed by atoms with van der Waals surface area (Å²) in [4.78, 5) is 7.86. The van der Waals surface area contributed by atoms with Crippen LogP contribution in [0, 0.1) is 0 Å². The second-order valence-electron chi connectivity index (χ2n) is 3.86. The normalized spacial score (nSPS) is 10.2. The Morgan fingerprint density at radius 3 is 3.00 bits per heavy atom. The van der Waals surface area contributed by atoms with Crippen molar-refractivity contribution in [2.24, 2.45) is 0 Å². The molecule has 1 heterocycles. The molecule has 0 aliphatic heterocycles. The maximum atomic E-state index is 6.00. The molecule has 0 bridgehead atoms. The molecule has 1 aromatic carbocycles. The van der Waals surface area contributed by atoms with Crippen molar-refractivity contribution in [1.29, 1.82) is 0 Å². The Morgan fingerprint density at radius 1 is 1.37 bits per heavy atom. The number of nitrogens with two attached hydrogens (primary N) is 1. The summed E-state index contributed by atoms with van der Waals surface area (Å²) in [6, 6.07) is 7.82. The average molecular weight is 279 g/mol. The fourth-order valence-corrected chi connectivity index (χ4v) is 1.77. The summed E-state index contributed by atoms with van der Waals surface area (Å²) in [5, 5.41) is 3.46. The molecule has 0 amide bonds. The lowest BCUT2D eigenvalue weighted by atomic mass is 10.2. The van der Waals surface area contributed by atoms with E-state index in [1.165, 1.54) is 6.33 Å². The number of rotatable bonds is 5. The number of halogens is 1. The van der Waals surface area contributed by atoms with Gasteiger partial charge in [0.2, 0.25) is 0 Å². The molecule has 5 nitrogen and oxygen atoms in total. The number of ether oxygens (including phenoxy) is 1. The van der Waals surface area contributed by atoms with Crippen LogP contribution in [0.1, 0.15) is 12.5 Å². The highest BCUT2D eigenvalue weighted by Crippen LogP contribution is 2.24. The molecule has 0 unspecified atom stereocenters. The summed E-state index contributed by atoms with van der Waals surface area (Å²) < 4.78 is 5.44. The Kier molecular flexibility index (Phi) is 4.41. The van der Waals surface area contributed by atoms with E-state index in [1.54, 1.807) is 0 Å². The van der Waals surface area contributed by atoms with E-state index in [4.69, 9.17) is 22.1 Å². The van der Waals surface area contributed by atoms with Crippen LogP contribution in [0.15, 0.2) is 30.6 Å². The fraction of sp³-hybridized carbons (Fsp3) is 0.231. The van der Waals surface area contributed by atoms with Crippen molar-refractivity contribution in [3.05, 3.63) is 41.2 Å². The summed E-state index contributed by atoms with van der Waals surface area (Å²) in [6.07, 6.45) is 1.38. The zero-order valence-corrected chi connectivity index (χ0v) is 11.3. The maximum Gasteiger partial charge on any atom is 0.150 e. The van der Waals surface area contributed by atoms with E-state index in [0.29, 0.717) is 24.0 Å². The van der Waals surface area contributed by atoms with Crippen molar-refractivity contribution in [2.45, 2.75) is 13.5 Å². The van der Waals surface area contributed by atoms with E-state index in [1.807, 2.05) is 31.2 Å². The molecule has 2 aromatic rings. The van der Waals surface area contributed by atoms with Gasteiger partial charge in [-0.2, -0.15) is 0 Å². The van der Waals surface area contributed by atoms with Crippen LogP contribution in [-0.2, 0) is 6.54 Å². The largest absolute Gasteiger partial charge is 0.494 e. The van der Waals surface area contributed by atoms with Gasteiger partial charge in [-0.1, -0.05) is 23.7 Å². The number of nitrogen functional groups attached to an aromatic ring is 1. The molecule has 0 spiro atoms. The number of aromatic nitrogens is 2. The highest BCUT2D eigenvalue weighted by molar-refractivity contribution is 6.35. The van der Waals surface area contributed by atoms with Crippen LogP contribution in [0.3, 0.4) is 0 Å². The zero-order valence-electron chi connectivity index (χ0n) is 10.6. The van der Waals surface area contributed by atoms with E-state index in [2.05, 4.69) is 15.3 Å². The van der Waals surface area contributed by atoms with Crippen LogP contribution < -0.4 is 15.8 Å². The number of nitrogens with one attached hydrogen (secondary N) is 1. The molecule has 0 aliphatic carbocycles. The minimum Gasteiger partial charge on any atom is -0.494 e. The van der Waals surface area contributed by atoms with E-state index < -0.39 is 0 Å². The van der Waals surface area contributed by atoms with Gasteiger partial charge in [-0.25, -0.2) is 9.97 Å². The third kappa shape index (κ3) is 3.48. The first kappa shape index (κ1) is 13.4. The predicted molar refractivity (Wildman–Crippen MR) is 76.4 cm³/mol. The van der Waals surface area contributed by atoms with Crippen molar-refractivity contribution < 1.29 is 4.74 Å². The molecule has 6 heteroatoms. The number of hydrogen-bond donors (Lipinski definition) is 2. The van der Waals surface area contributed by atoms with Gasteiger partial charge >= 0.3 is 0 Å². The summed E-state index contributed by atoms with van der Waals surface area (Å²) >= 11 is 6.00. The molecule has 2 rings (SSSR count). The van der Waals surface area contributed by atoms with E-state index >= 15 is 0 Å². The summed E-state index contributed by atoms with van der Waals surface area (Å²) in [7, 11) is 0. The van der Waals surface area contributed by atoms with Crippen molar-refractivity contribution >= 4 is 23.2 Å². The van der Waals surface area contributed by atoms with E-state index in [9.17, 15) is 0 Å². The lowest BCUT2D eigenvalue weighted by molar-refractivity contribution is 0.340. The van der Waals surface area contributed by atoms with Gasteiger partial charge in [0, 0.05) is 6.54 Å². The van der Waals surface area contributed by atoms with Crippen molar-refractivity contribution in [2.75, 3.05) is 17.7 Å². The highest BCUT2D eigenvalue weighted by Gasteiger charge is 2.06. The molecule has 0 fully saturated rings. The third-order valence-corrected chi connectivity index (χ3v) is 2.86. The van der Waals surface area contributed by atoms with Crippen molar-refractivity contribution in [3.63, 3.8) is 0 Å². The second kappa shape index (κ2) is 6.24. The number of benzene rings is 1. The molecule has 0 aliphatic rings. The summed E-state index contributed by atoms with van der Waals surface area (Å²) in [6.45, 7) is 3.18. The molecule has 100 valence electrons. The van der Waals surface area contributed by atoms with Crippen LogP contribution in [0.4, 0.5) is 11.6 Å². The first-order valence-corrected chi connectivity index (χ1v) is 6.30. The Labute approximate surface area is 116 Å². The van der Waals surface area contributed by atoms with Gasteiger partial charge in [0.15, 0.2) is 5.82 Å². The minimum atomic E-state index is 0.266. The zero-order chi connectivity index (χ0) is 13.7. The van der Waals surface area contributed by atoms with Gasteiger partial charge in [-0.05, 0) is 24.6 Å². The van der Waals surface area contributed by atoms with Gasteiger partial charge in [0.1, 0.15) is 22.9 Å². The lowest BCUT2D eigenvalue weighted by Gasteiger charge is -2.09. The average Bonchev–Trinajstić information content (AvgIpc) is 2.41. The first-order chi connectivity index (χ1) is 9.20. The van der Waals surface area contributed by atoms with E-state index in [-0.39, 0.29) is 5.82 Å². The lowest BCUT2D eigenvalue weighted by Crippen LogP contribution is -2.04. The van der Waals surface area contributed by atoms with Crippen LogP contribution >= 0.6 is 11.6 Å². The Bertz CT molecular complexity index is 562. The van der Waals surface area contributed by atoms with Gasteiger partial charge in [0.05, 0.1) is 6.61 Å². The SMILES string of the molecule is CCOc1cccc(CNc2ncnc(N)c2Cl)c1. The minimum absolute atomic E-state index is 0.266.